The number of amides is 2. The van der Waals surface area contributed by atoms with Crippen molar-refractivity contribution >= 4 is 34.4 Å². The largest absolute Gasteiger partial charge is 0.497 e. The number of nitrogens with one attached hydrogen (secondary N) is 2. The van der Waals surface area contributed by atoms with E-state index in [4.69, 9.17) is 9.47 Å². The van der Waals surface area contributed by atoms with Gasteiger partial charge in [0.25, 0.3) is 11.8 Å². The molecule has 4 aromatic rings. The SMILES string of the molecule is CCOc1ccc(/C=C(/NC(=O)c2ccccc2)C(=O)Nc2cccc(OC)c2)c2ccccc12. The standard InChI is InChI=1S/C29H26N2O4/c1-3-35-27-17-16-21(24-14-7-8-15-25(24)27)18-26(31-28(32)20-10-5-4-6-11-20)29(33)30-22-12-9-13-23(19-22)34-2/h4-19H,3H2,1-2H3,(H,30,33)(H,31,32)/b26-18+. The molecule has 0 saturated heterocycles. The number of carbonyl (C=O) groups excluding carboxylic acids is 2. The van der Waals surface area contributed by atoms with E-state index in [1.165, 1.54) is 0 Å². The van der Waals surface area contributed by atoms with Crippen LogP contribution >= 0.6 is 0 Å². The van der Waals surface area contributed by atoms with Crippen LogP contribution in [0.5, 0.6) is 11.5 Å². The Balaban J connectivity index is 1.74. The quantitative estimate of drug-likeness (QED) is 0.329. The van der Waals surface area contributed by atoms with Gasteiger partial charge in [0, 0.05) is 22.7 Å². The fourth-order valence-electron chi connectivity index (χ4n) is 3.70. The second kappa shape index (κ2) is 11.0. The van der Waals surface area contributed by atoms with Crippen LogP contribution in [-0.2, 0) is 4.79 Å². The van der Waals surface area contributed by atoms with Crippen LogP contribution in [0.4, 0.5) is 5.69 Å². The summed E-state index contributed by atoms with van der Waals surface area (Å²) in [5.41, 5.74) is 1.87. The van der Waals surface area contributed by atoms with Crippen LogP contribution in [0.1, 0.15) is 22.8 Å². The lowest BCUT2D eigenvalue weighted by Crippen LogP contribution is -2.30. The molecule has 4 aromatic carbocycles. The van der Waals surface area contributed by atoms with Crippen molar-refractivity contribution in [2.75, 3.05) is 19.0 Å². The number of ether oxygens (including phenoxy) is 2. The molecule has 2 amide bonds. The van der Waals surface area contributed by atoms with Gasteiger partial charge in [0.2, 0.25) is 0 Å². The van der Waals surface area contributed by atoms with Crippen molar-refractivity contribution in [1.82, 2.24) is 5.32 Å². The van der Waals surface area contributed by atoms with Crippen molar-refractivity contribution in [3.63, 3.8) is 0 Å². The lowest BCUT2D eigenvalue weighted by atomic mass is 10.0. The smallest absolute Gasteiger partial charge is 0.272 e. The van der Waals surface area contributed by atoms with Gasteiger partial charge in [-0.2, -0.15) is 0 Å². The maximum Gasteiger partial charge on any atom is 0.272 e. The van der Waals surface area contributed by atoms with E-state index in [0.29, 0.717) is 23.6 Å². The van der Waals surface area contributed by atoms with E-state index in [1.807, 2.05) is 49.4 Å². The van der Waals surface area contributed by atoms with E-state index in [0.717, 1.165) is 22.1 Å². The second-order valence-corrected chi connectivity index (χ2v) is 7.70. The maximum atomic E-state index is 13.3. The minimum Gasteiger partial charge on any atom is -0.497 e. The number of benzene rings is 4. The average molecular weight is 467 g/mol. The first-order valence-corrected chi connectivity index (χ1v) is 11.3. The van der Waals surface area contributed by atoms with Gasteiger partial charge in [0.1, 0.15) is 17.2 Å². The number of carbonyl (C=O) groups is 2. The van der Waals surface area contributed by atoms with Gasteiger partial charge in [0.05, 0.1) is 13.7 Å². The van der Waals surface area contributed by atoms with Crippen molar-refractivity contribution < 1.29 is 19.1 Å². The Bertz CT molecular complexity index is 1380. The summed E-state index contributed by atoms with van der Waals surface area (Å²) in [7, 11) is 1.56. The van der Waals surface area contributed by atoms with Gasteiger partial charge < -0.3 is 20.1 Å². The Morgan fingerprint density at radius 2 is 1.60 bits per heavy atom. The summed E-state index contributed by atoms with van der Waals surface area (Å²) in [5.74, 6) is 0.531. The zero-order valence-electron chi connectivity index (χ0n) is 19.6. The minimum absolute atomic E-state index is 0.107. The molecule has 0 aliphatic heterocycles. The Morgan fingerprint density at radius 1 is 0.857 bits per heavy atom. The molecule has 0 spiro atoms. The van der Waals surface area contributed by atoms with E-state index in [-0.39, 0.29) is 11.6 Å². The summed E-state index contributed by atoms with van der Waals surface area (Å²) in [5, 5.41) is 7.45. The van der Waals surface area contributed by atoms with Crippen molar-refractivity contribution in [3.05, 3.63) is 108 Å². The van der Waals surface area contributed by atoms with Crippen LogP contribution in [0.3, 0.4) is 0 Å². The highest BCUT2D eigenvalue weighted by molar-refractivity contribution is 6.11. The summed E-state index contributed by atoms with van der Waals surface area (Å²) < 4.78 is 11.0. The molecule has 4 rings (SSSR count). The van der Waals surface area contributed by atoms with Gasteiger partial charge in [-0.15, -0.1) is 0 Å². The molecule has 0 heterocycles. The Kier molecular flexibility index (Phi) is 7.43. The highest BCUT2D eigenvalue weighted by Crippen LogP contribution is 2.30. The molecule has 0 radical (unpaired) electrons. The molecule has 0 fully saturated rings. The van der Waals surface area contributed by atoms with Crippen molar-refractivity contribution in [2.24, 2.45) is 0 Å². The molecule has 0 atom stereocenters. The highest BCUT2D eigenvalue weighted by atomic mass is 16.5. The second-order valence-electron chi connectivity index (χ2n) is 7.70. The van der Waals surface area contributed by atoms with Gasteiger partial charge in [0.15, 0.2) is 0 Å². The zero-order valence-corrected chi connectivity index (χ0v) is 19.6. The molecule has 0 saturated carbocycles. The number of methoxy groups -OCH3 is 1. The van der Waals surface area contributed by atoms with E-state index in [9.17, 15) is 9.59 Å². The molecule has 6 nitrogen and oxygen atoms in total. The van der Waals surface area contributed by atoms with Crippen molar-refractivity contribution in [1.29, 1.82) is 0 Å². The molecule has 0 bridgehead atoms. The predicted molar refractivity (Wildman–Crippen MR) is 139 cm³/mol. The maximum absolute atomic E-state index is 13.3. The van der Waals surface area contributed by atoms with Crippen LogP contribution in [0.2, 0.25) is 0 Å². The first-order valence-electron chi connectivity index (χ1n) is 11.3. The van der Waals surface area contributed by atoms with Gasteiger partial charge in [-0.1, -0.05) is 54.6 Å². The summed E-state index contributed by atoms with van der Waals surface area (Å²) >= 11 is 0. The normalized spacial score (nSPS) is 11.1. The van der Waals surface area contributed by atoms with Gasteiger partial charge in [-0.3, -0.25) is 9.59 Å². The fourth-order valence-corrected chi connectivity index (χ4v) is 3.70. The van der Waals surface area contributed by atoms with Crippen LogP contribution in [0.25, 0.3) is 16.8 Å². The van der Waals surface area contributed by atoms with E-state index >= 15 is 0 Å². The lowest BCUT2D eigenvalue weighted by molar-refractivity contribution is -0.113. The molecular weight excluding hydrogens is 440 g/mol. The molecular formula is C29H26N2O4. The monoisotopic (exact) mass is 466 g/mol. The van der Waals surface area contributed by atoms with Crippen LogP contribution in [0, 0.1) is 0 Å². The third-order valence-corrected chi connectivity index (χ3v) is 5.37. The molecule has 2 N–H and O–H groups in total. The Morgan fingerprint density at radius 3 is 2.34 bits per heavy atom. The highest BCUT2D eigenvalue weighted by Gasteiger charge is 2.16. The first-order chi connectivity index (χ1) is 17.1. The van der Waals surface area contributed by atoms with Crippen molar-refractivity contribution in [3.8, 4) is 11.5 Å². The number of hydrogen-bond acceptors (Lipinski definition) is 4. The molecule has 0 unspecified atom stereocenters. The zero-order chi connectivity index (χ0) is 24.6. The Labute approximate surface area is 204 Å². The molecule has 35 heavy (non-hydrogen) atoms. The average Bonchev–Trinajstić information content (AvgIpc) is 2.90. The third-order valence-electron chi connectivity index (χ3n) is 5.37. The minimum atomic E-state index is -0.458. The van der Waals surface area contributed by atoms with Crippen LogP contribution in [0.15, 0.2) is 96.7 Å². The van der Waals surface area contributed by atoms with Gasteiger partial charge in [-0.25, -0.2) is 0 Å². The van der Waals surface area contributed by atoms with Gasteiger partial charge in [-0.05, 0) is 54.3 Å². The van der Waals surface area contributed by atoms with Gasteiger partial charge >= 0.3 is 0 Å². The summed E-state index contributed by atoms with van der Waals surface area (Å²) in [6, 6.07) is 27.3. The Hall–Kier alpha value is -4.58. The third kappa shape index (κ3) is 5.68. The first kappa shape index (κ1) is 23.6. The topological polar surface area (TPSA) is 76.7 Å². The van der Waals surface area contributed by atoms with Crippen LogP contribution in [-0.4, -0.2) is 25.5 Å². The fraction of sp³-hybridized carbons (Fsp3) is 0.103. The molecule has 6 heteroatoms. The van der Waals surface area contributed by atoms with E-state index in [2.05, 4.69) is 10.6 Å². The predicted octanol–water partition coefficient (Wildman–Crippen LogP) is 5.66. The molecule has 0 aliphatic rings. The van der Waals surface area contributed by atoms with Crippen molar-refractivity contribution in [2.45, 2.75) is 6.92 Å². The molecule has 176 valence electrons. The van der Waals surface area contributed by atoms with E-state index in [1.54, 1.807) is 61.7 Å². The summed E-state index contributed by atoms with van der Waals surface area (Å²) in [6.45, 7) is 2.48. The number of rotatable bonds is 8. The number of fused-ring (bicyclic) bond motifs is 1. The molecule has 0 aliphatic carbocycles. The summed E-state index contributed by atoms with van der Waals surface area (Å²) in [4.78, 5) is 26.3. The number of hydrogen-bond donors (Lipinski definition) is 2. The molecule has 0 aromatic heterocycles. The number of anilines is 1. The van der Waals surface area contributed by atoms with E-state index < -0.39 is 5.91 Å². The lowest BCUT2D eigenvalue weighted by Gasteiger charge is -2.14. The summed E-state index contributed by atoms with van der Waals surface area (Å²) in [6.07, 6.45) is 1.68. The van der Waals surface area contributed by atoms with Crippen LogP contribution < -0.4 is 20.1 Å².